The highest BCUT2D eigenvalue weighted by Crippen LogP contribution is 2.35. The first-order valence-corrected chi connectivity index (χ1v) is 9.77. The third kappa shape index (κ3) is 2.99. The third-order valence-electron chi connectivity index (χ3n) is 5.75. The molecule has 6 nitrogen and oxygen atoms in total. The Kier molecular flexibility index (Phi) is 4.42. The Morgan fingerprint density at radius 3 is 2.83 bits per heavy atom. The fraction of sp³-hybridized carbons (Fsp3) is 0.273. The topological polar surface area (TPSA) is 59.2 Å². The molecule has 4 aromatic rings. The van der Waals surface area contributed by atoms with Crippen LogP contribution in [0.2, 0.25) is 0 Å². The van der Waals surface area contributed by atoms with Gasteiger partial charge < -0.3 is 4.90 Å². The lowest BCUT2D eigenvalue weighted by atomic mass is 9.91. The fourth-order valence-electron chi connectivity index (χ4n) is 4.18. The van der Waals surface area contributed by atoms with Crippen molar-refractivity contribution in [2.45, 2.75) is 26.2 Å². The second kappa shape index (κ2) is 7.12. The van der Waals surface area contributed by atoms with E-state index in [2.05, 4.69) is 50.1 Å². The number of pyridine rings is 1. The lowest BCUT2D eigenvalue weighted by Gasteiger charge is -2.34. The molecule has 5 rings (SSSR count). The number of nitrogens with zero attached hydrogens (tertiary/aromatic N) is 6. The van der Waals surface area contributed by atoms with E-state index < -0.39 is 6.43 Å². The normalized spacial score (nSPS) is 17.2. The van der Waals surface area contributed by atoms with Gasteiger partial charge >= 0.3 is 0 Å². The van der Waals surface area contributed by atoms with Crippen molar-refractivity contribution < 1.29 is 8.78 Å². The van der Waals surface area contributed by atoms with Gasteiger partial charge in [-0.25, -0.2) is 23.3 Å². The number of rotatable bonds is 3. The van der Waals surface area contributed by atoms with Crippen LogP contribution in [-0.4, -0.2) is 37.7 Å². The van der Waals surface area contributed by atoms with Crippen molar-refractivity contribution in [3.8, 4) is 0 Å². The van der Waals surface area contributed by atoms with Gasteiger partial charge in [-0.3, -0.25) is 0 Å². The number of hydrogen-bond donors (Lipinski definition) is 0. The Morgan fingerprint density at radius 2 is 2.00 bits per heavy atom. The first-order valence-electron chi connectivity index (χ1n) is 9.77. The Labute approximate surface area is 171 Å². The van der Waals surface area contributed by atoms with Crippen LogP contribution in [0.1, 0.15) is 36.2 Å². The highest BCUT2D eigenvalue weighted by atomic mass is 19.3. The summed E-state index contributed by atoms with van der Waals surface area (Å²) >= 11 is 0. The first kappa shape index (κ1) is 18.6. The lowest BCUT2D eigenvalue weighted by Crippen LogP contribution is -2.35. The van der Waals surface area contributed by atoms with Crippen LogP contribution in [0.15, 0.2) is 54.5 Å². The van der Waals surface area contributed by atoms with E-state index in [0.717, 1.165) is 27.7 Å². The number of benzene rings is 1. The molecule has 0 saturated heterocycles. The van der Waals surface area contributed by atoms with Crippen LogP contribution < -0.4 is 4.90 Å². The molecule has 0 aliphatic carbocycles. The van der Waals surface area contributed by atoms with Gasteiger partial charge in [0.2, 0.25) is 0 Å². The Hall–Kier alpha value is -3.42. The zero-order valence-electron chi connectivity index (χ0n) is 16.6. The smallest absolute Gasteiger partial charge is 0.280 e. The molecule has 152 valence electrons. The van der Waals surface area contributed by atoms with Gasteiger partial charge in [-0.05, 0) is 36.9 Å². The largest absolute Gasteiger partial charge is 0.351 e. The average molecular weight is 406 g/mol. The minimum Gasteiger partial charge on any atom is -0.351 e. The summed E-state index contributed by atoms with van der Waals surface area (Å²) < 4.78 is 28.5. The van der Waals surface area contributed by atoms with Gasteiger partial charge in [-0.2, -0.15) is 10.1 Å². The molecule has 1 atom stereocenters. The second-order valence-electron chi connectivity index (χ2n) is 7.59. The summed E-state index contributed by atoms with van der Waals surface area (Å²) in [6.07, 6.45) is 2.61. The van der Waals surface area contributed by atoms with Crippen LogP contribution in [0.4, 0.5) is 14.6 Å². The molecule has 1 aliphatic rings. The highest BCUT2D eigenvalue weighted by molar-refractivity contribution is 5.95. The molecule has 0 fully saturated rings. The van der Waals surface area contributed by atoms with Gasteiger partial charge in [0.25, 0.3) is 12.2 Å². The number of aromatic nitrogens is 5. The van der Waals surface area contributed by atoms with Crippen molar-refractivity contribution in [2.75, 3.05) is 18.0 Å². The van der Waals surface area contributed by atoms with Gasteiger partial charge in [0.05, 0.1) is 5.69 Å². The van der Waals surface area contributed by atoms with Gasteiger partial charge in [-0.15, -0.1) is 0 Å². The van der Waals surface area contributed by atoms with E-state index in [4.69, 9.17) is 0 Å². The van der Waals surface area contributed by atoms with E-state index in [9.17, 15) is 8.78 Å². The molecular formula is C22H20F2N6. The maximum Gasteiger partial charge on any atom is 0.280 e. The summed E-state index contributed by atoms with van der Waals surface area (Å²) in [7, 11) is 0. The maximum atomic E-state index is 13.5. The molecule has 1 aromatic carbocycles. The van der Waals surface area contributed by atoms with E-state index in [-0.39, 0.29) is 17.4 Å². The molecule has 0 amide bonds. The monoisotopic (exact) mass is 406 g/mol. The van der Waals surface area contributed by atoms with Gasteiger partial charge in [0.1, 0.15) is 17.8 Å². The molecule has 0 spiro atoms. The number of halogens is 2. The summed E-state index contributed by atoms with van der Waals surface area (Å²) in [6, 6.07) is 9.64. The van der Waals surface area contributed by atoms with Crippen molar-refractivity contribution in [1.82, 2.24) is 24.6 Å². The number of alkyl halides is 2. The second-order valence-corrected chi connectivity index (χ2v) is 7.59. The zero-order chi connectivity index (χ0) is 20.8. The molecule has 4 heterocycles. The molecule has 0 radical (unpaired) electrons. The number of anilines is 1. The molecule has 8 heteroatoms. The zero-order valence-corrected chi connectivity index (χ0v) is 16.6. The third-order valence-corrected chi connectivity index (χ3v) is 5.75. The predicted molar refractivity (Wildman–Crippen MR) is 111 cm³/mol. The molecule has 1 aliphatic heterocycles. The van der Waals surface area contributed by atoms with E-state index in [1.54, 1.807) is 4.52 Å². The van der Waals surface area contributed by atoms with Crippen molar-refractivity contribution in [3.63, 3.8) is 0 Å². The van der Waals surface area contributed by atoms with Crippen LogP contribution >= 0.6 is 0 Å². The minimum absolute atomic E-state index is 0.135. The van der Waals surface area contributed by atoms with Crippen molar-refractivity contribution in [2.24, 2.45) is 0 Å². The summed E-state index contributed by atoms with van der Waals surface area (Å²) in [6.45, 7) is 5.41. The van der Waals surface area contributed by atoms with E-state index in [1.807, 2.05) is 25.3 Å². The molecule has 0 unspecified atom stereocenters. The van der Waals surface area contributed by atoms with Crippen LogP contribution in [0.3, 0.4) is 0 Å². The SMILES string of the molecule is CC1=CCN(c2nccc3cccc(C)c23)C[C@H]1c1cc(C(F)F)nc2ncnn12. The summed E-state index contributed by atoms with van der Waals surface area (Å²) in [5.74, 6) is 0.953. The first-order chi connectivity index (χ1) is 14.5. The van der Waals surface area contributed by atoms with Gasteiger partial charge in [-0.1, -0.05) is 29.8 Å². The van der Waals surface area contributed by atoms with Crippen LogP contribution in [0, 0.1) is 6.92 Å². The lowest BCUT2D eigenvalue weighted by molar-refractivity contribution is 0.146. The number of fused-ring (bicyclic) bond motifs is 2. The Balaban J connectivity index is 1.62. The van der Waals surface area contributed by atoms with Crippen molar-refractivity contribution in [3.05, 3.63) is 71.5 Å². The van der Waals surface area contributed by atoms with Crippen LogP contribution in [-0.2, 0) is 0 Å². The fourth-order valence-corrected chi connectivity index (χ4v) is 4.18. The Bertz CT molecular complexity index is 1270. The van der Waals surface area contributed by atoms with Gasteiger partial charge in [0.15, 0.2) is 0 Å². The quantitative estimate of drug-likeness (QED) is 0.470. The molecular weight excluding hydrogens is 386 g/mol. The molecule has 0 N–H and O–H groups in total. The van der Waals surface area contributed by atoms with Crippen molar-refractivity contribution >= 4 is 22.4 Å². The molecule has 30 heavy (non-hydrogen) atoms. The van der Waals surface area contributed by atoms with Crippen molar-refractivity contribution in [1.29, 1.82) is 0 Å². The molecule has 3 aromatic heterocycles. The standard InChI is InChI=1S/C22H20F2N6/c1-13-7-9-29(21-19-14(2)4-3-5-15(19)6-8-25-21)11-16(13)18-10-17(20(23)24)28-22-26-12-27-30(18)22/h3-8,10,12,16,20H,9,11H2,1-2H3/t16-/m1/s1. The predicted octanol–water partition coefficient (Wildman–Crippen LogP) is 4.47. The van der Waals surface area contributed by atoms with E-state index >= 15 is 0 Å². The maximum absolute atomic E-state index is 13.5. The average Bonchev–Trinajstić information content (AvgIpc) is 3.22. The molecule has 0 saturated carbocycles. The summed E-state index contributed by atoms with van der Waals surface area (Å²) in [4.78, 5) is 14.8. The van der Waals surface area contributed by atoms with E-state index in [0.29, 0.717) is 18.8 Å². The van der Waals surface area contributed by atoms with Crippen LogP contribution in [0.5, 0.6) is 0 Å². The van der Waals surface area contributed by atoms with Crippen LogP contribution in [0.25, 0.3) is 16.6 Å². The molecule has 0 bridgehead atoms. The minimum atomic E-state index is -2.67. The Morgan fingerprint density at radius 1 is 1.13 bits per heavy atom. The van der Waals surface area contributed by atoms with E-state index in [1.165, 1.54) is 12.4 Å². The van der Waals surface area contributed by atoms with Gasteiger partial charge in [0, 0.05) is 30.6 Å². The number of aryl methyl sites for hydroxylation is 1. The number of hydrogen-bond acceptors (Lipinski definition) is 5. The summed E-state index contributed by atoms with van der Waals surface area (Å²) in [5, 5.41) is 6.47. The highest BCUT2D eigenvalue weighted by Gasteiger charge is 2.28. The summed E-state index contributed by atoms with van der Waals surface area (Å²) in [5.41, 5.74) is 2.63.